The zero-order chi connectivity index (χ0) is 10.3. The Bertz CT molecular complexity index is 342. The van der Waals surface area contributed by atoms with E-state index in [0.29, 0.717) is 16.7 Å². The second-order valence-electron chi connectivity index (χ2n) is 4.55. The Balaban J connectivity index is 2.10. The number of anilines is 1. The van der Waals surface area contributed by atoms with E-state index in [9.17, 15) is 0 Å². The smallest absolute Gasteiger partial charge is 0.224 e. The lowest BCUT2D eigenvalue weighted by Gasteiger charge is -2.07. The fraction of sp³-hybridized carbons (Fsp3) is 0.600. The topological polar surface area (TPSA) is 37.8 Å². The zero-order valence-corrected chi connectivity index (χ0v) is 9.39. The van der Waals surface area contributed by atoms with Crippen molar-refractivity contribution in [2.75, 3.05) is 5.32 Å². The number of nitrogens with one attached hydrogen (secondary N) is 1. The number of rotatable bonds is 2. The van der Waals surface area contributed by atoms with Gasteiger partial charge in [0.05, 0.1) is 0 Å². The van der Waals surface area contributed by atoms with Crippen molar-refractivity contribution in [2.24, 2.45) is 5.41 Å². The van der Waals surface area contributed by atoms with Crippen LogP contribution in [0.2, 0.25) is 5.28 Å². The minimum Gasteiger partial charge on any atom is -0.367 e. The highest BCUT2D eigenvalue weighted by Gasteiger charge is 2.45. The molecule has 0 aromatic carbocycles. The second-order valence-corrected chi connectivity index (χ2v) is 4.89. The van der Waals surface area contributed by atoms with Gasteiger partial charge in [0, 0.05) is 17.8 Å². The molecule has 4 heteroatoms. The Labute approximate surface area is 88.9 Å². The summed E-state index contributed by atoms with van der Waals surface area (Å²) in [4.78, 5) is 8.14. The average Bonchev–Trinajstić information content (AvgIpc) is 2.55. The maximum absolute atomic E-state index is 5.76. The number of aromatic nitrogens is 2. The molecular formula is C10H14ClN3. The summed E-state index contributed by atoms with van der Waals surface area (Å²) in [5.41, 5.74) is 1.29. The molecule has 1 fully saturated rings. The van der Waals surface area contributed by atoms with Crippen LogP contribution in [0.4, 0.5) is 5.82 Å². The van der Waals surface area contributed by atoms with E-state index < -0.39 is 0 Å². The minimum absolute atomic E-state index is 0.311. The average molecular weight is 212 g/mol. The largest absolute Gasteiger partial charge is 0.367 e. The summed E-state index contributed by atoms with van der Waals surface area (Å²) in [7, 11) is 0. The van der Waals surface area contributed by atoms with Crippen LogP contribution >= 0.6 is 11.6 Å². The van der Waals surface area contributed by atoms with Crippen LogP contribution in [0.5, 0.6) is 0 Å². The SMILES string of the molecule is Cc1cc(NC2CC2(C)C)nc(Cl)n1. The maximum atomic E-state index is 5.76. The first-order valence-electron chi connectivity index (χ1n) is 4.75. The van der Waals surface area contributed by atoms with E-state index in [4.69, 9.17) is 11.6 Å². The molecule has 76 valence electrons. The molecular weight excluding hydrogens is 198 g/mol. The van der Waals surface area contributed by atoms with E-state index in [1.807, 2.05) is 13.0 Å². The van der Waals surface area contributed by atoms with Gasteiger partial charge in [0.2, 0.25) is 5.28 Å². The summed E-state index contributed by atoms with van der Waals surface area (Å²) < 4.78 is 0. The molecule has 0 radical (unpaired) electrons. The summed E-state index contributed by atoms with van der Waals surface area (Å²) in [6.07, 6.45) is 1.19. The van der Waals surface area contributed by atoms with Gasteiger partial charge in [0.25, 0.3) is 0 Å². The summed E-state index contributed by atoms with van der Waals surface area (Å²) in [5, 5.41) is 3.66. The summed E-state index contributed by atoms with van der Waals surface area (Å²) in [5.74, 6) is 0.832. The highest BCUT2D eigenvalue weighted by Crippen LogP contribution is 2.46. The van der Waals surface area contributed by atoms with Crippen molar-refractivity contribution in [3.8, 4) is 0 Å². The quantitative estimate of drug-likeness (QED) is 0.765. The van der Waals surface area contributed by atoms with E-state index in [1.54, 1.807) is 0 Å². The predicted octanol–water partition coefficient (Wildman–Crippen LogP) is 2.65. The molecule has 3 nitrogen and oxygen atoms in total. The minimum atomic E-state index is 0.311. The van der Waals surface area contributed by atoms with Gasteiger partial charge in [0.15, 0.2) is 0 Å². The standard InChI is InChI=1S/C10H14ClN3/c1-6-4-8(14-9(11)12-6)13-7-5-10(7,2)3/h4,7H,5H2,1-3H3,(H,12,13,14). The molecule has 1 aliphatic carbocycles. The van der Waals surface area contributed by atoms with Gasteiger partial charge in [0.1, 0.15) is 5.82 Å². The Hall–Kier alpha value is -0.830. The fourth-order valence-electron chi connectivity index (χ4n) is 1.50. The van der Waals surface area contributed by atoms with Gasteiger partial charge in [-0.25, -0.2) is 9.97 Å². The van der Waals surface area contributed by atoms with Crippen LogP contribution in [0.1, 0.15) is 26.0 Å². The number of hydrogen-bond acceptors (Lipinski definition) is 3. The van der Waals surface area contributed by atoms with Crippen molar-refractivity contribution in [1.29, 1.82) is 0 Å². The lowest BCUT2D eigenvalue weighted by atomic mass is 10.2. The predicted molar refractivity (Wildman–Crippen MR) is 57.6 cm³/mol. The van der Waals surface area contributed by atoms with Crippen molar-refractivity contribution < 1.29 is 0 Å². The van der Waals surface area contributed by atoms with Crippen molar-refractivity contribution >= 4 is 17.4 Å². The highest BCUT2D eigenvalue weighted by atomic mass is 35.5. The molecule has 0 saturated heterocycles. The van der Waals surface area contributed by atoms with E-state index in [2.05, 4.69) is 29.1 Å². The van der Waals surface area contributed by atoms with Crippen molar-refractivity contribution in [2.45, 2.75) is 33.2 Å². The van der Waals surface area contributed by atoms with Gasteiger partial charge in [-0.2, -0.15) is 0 Å². The zero-order valence-electron chi connectivity index (χ0n) is 8.63. The third kappa shape index (κ3) is 1.98. The van der Waals surface area contributed by atoms with Gasteiger partial charge in [-0.3, -0.25) is 0 Å². The van der Waals surface area contributed by atoms with Crippen LogP contribution in [0, 0.1) is 12.3 Å². The molecule has 14 heavy (non-hydrogen) atoms. The first-order valence-corrected chi connectivity index (χ1v) is 5.13. The monoisotopic (exact) mass is 211 g/mol. The lowest BCUT2D eigenvalue weighted by Crippen LogP contribution is -2.10. The first kappa shape index (κ1) is 9.71. The van der Waals surface area contributed by atoms with Crippen molar-refractivity contribution in [3.05, 3.63) is 17.0 Å². The first-order chi connectivity index (χ1) is 6.47. The van der Waals surface area contributed by atoms with Gasteiger partial charge in [-0.1, -0.05) is 13.8 Å². The number of nitrogens with zero attached hydrogens (tertiary/aromatic N) is 2. The van der Waals surface area contributed by atoms with E-state index in [1.165, 1.54) is 6.42 Å². The van der Waals surface area contributed by atoms with Crippen LogP contribution in [0.15, 0.2) is 6.07 Å². The molecule has 1 saturated carbocycles. The molecule has 0 aliphatic heterocycles. The van der Waals surface area contributed by atoms with Gasteiger partial charge in [-0.05, 0) is 30.4 Å². The van der Waals surface area contributed by atoms with Crippen molar-refractivity contribution in [1.82, 2.24) is 9.97 Å². The van der Waals surface area contributed by atoms with Crippen LogP contribution < -0.4 is 5.32 Å². The molecule has 1 unspecified atom stereocenters. The number of halogens is 1. The maximum Gasteiger partial charge on any atom is 0.224 e. The molecule has 0 amide bonds. The Morgan fingerprint density at radius 2 is 2.14 bits per heavy atom. The Morgan fingerprint density at radius 1 is 1.50 bits per heavy atom. The molecule has 1 heterocycles. The van der Waals surface area contributed by atoms with E-state index in [-0.39, 0.29) is 0 Å². The molecule has 1 atom stereocenters. The van der Waals surface area contributed by atoms with Crippen LogP contribution in [0.25, 0.3) is 0 Å². The van der Waals surface area contributed by atoms with Crippen LogP contribution in [0.3, 0.4) is 0 Å². The molecule has 1 aromatic heterocycles. The summed E-state index contributed by atoms with van der Waals surface area (Å²) in [6.45, 7) is 6.39. The second kappa shape index (κ2) is 3.09. The van der Waals surface area contributed by atoms with Crippen molar-refractivity contribution in [3.63, 3.8) is 0 Å². The molecule has 2 rings (SSSR count). The molecule has 1 aromatic rings. The summed E-state index contributed by atoms with van der Waals surface area (Å²) >= 11 is 5.76. The van der Waals surface area contributed by atoms with Gasteiger partial charge in [-0.15, -0.1) is 0 Å². The third-order valence-electron chi connectivity index (χ3n) is 2.66. The Morgan fingerprint density at radius 3 is 2.64 bits per heavy atom. The van der Waals surface area contributed by atoms with Gasteiger partial charge >= 0.3 is 0 Å². The Kier molecular flexibility index (Phi) is 2.14. The normalized spacial score (nSPS) is 23.3. The number of hydrogen-bond donors (Lipinski definition) is 1. The third-order valence-corrected chi connectivity index (χ3v) is 2.83. The molecule has 1 aliphatic rings. The van der Waals surface area contributed by atoms with Gasteiger partial charge < -0.3 is 5.32 Å². The van der Waals surface area contributed by atoms with E-state index >= 15 is 0 Å². The molecule has 0 spiro atoms. The molecule has 0 bridgehead atoms. The summed E-state index contributed by atoms with van der Waals surface area (Å²) in [6, 6.07) is 2.44. The van der Waals surface area contributed by atoms with E-state index in [0.717, 1.165) is 11.5 Å². The number of aryl methyl sites for hydroxylation is 1. The fourth-order valence-corrected chi connectivity index (χ4v) is 1.72. The highest BCUT2D eigenvalue weighted by molar-refractivity contribution is 6.28. The van der Waals surface area contributed by atoms with Crippen LogP contribution in [-0.4, -0.2) is 16.0 Å². The van der Waals surface area contributed by atoms with Crippen LogP contribution in [-0.2, 0) is 0 Å². The lowest BCUT2D eigenvalue weighted by molar-refractivity contribution is 0.629. The molecule has 1 N–H and O–H groups in total.